The van der Waals surface area contributed by atoms with Crippen molar-refractivity contribution in [2.24, 2.45) is 17.4 Å². The summed E-state index contributed by atoms with van der Waals surface area (Å²) in [5.74, 6) is -2.75. The molecule has 1 aliphatic carbocycles. The van der Waals surface area contributed by atoms with Crippen LogP contribution in [-0.4, -0.2) is 33.9 Å². The number of H-pyrrole nitrogens is 1. The van der Waals surface area contributed by atoms with Crippen LogP contribution in [0.3, 0.4) is 0 Å². The van der Waals surface area contributed by atoms with Gasteiger partial charge in [0.2, 0.25) is 11.6 Å². The third kappa shape index (κ3) is 3.26. The summed E-state index contributed by atoms with van der Waals surface area (Å²) in [5.41, 5.74) is 11.9. The molecular weight excluding hydrogens is 385 g/mol. The van der Waals surface area contributed by atoms with E-state index in [2.05, 4.69) is 4.98 Å². The van der Waals surface area contributed by atoms with Gasteiger partial charge in [-0.15, -0.1) is 0 Å². The van der Waals surface area contributed by atoms with Gasteiger partial charge in [0, 0.05) is 34.6 Å². The Morgan fingerprint density at radius 2 is 1.80 bits per heavy atom. The molecule has 0 amide bonds. The first kappa shape index (κ1) is 20.1. The summed E-state index contributed by atoms with van der Waals surface area (Å²) in [5, 5.41) is 0.0564. The minimum Gasteiger partial charge on any atom is -0.360 e. The summed E-state index contributed by atoms with van der Waals surface area (Å²) in [6.07, 6.45) is 1.96. The van der Waals surface area contributed by atoms with E-state index in [1.165, 1.54) is 18.3 Å². The number of nitrogens with one attached hydrogen (secondary N) is 1. The summed E-state index contributed by atoms with van der Waals surface area (Å²) in [4.78, 5) is 41.5. The first-order chi connectivity index (χ1) is 14.3. The molecule has 30 heavy (non-hydrogen) atoms. The van der Waals surface area contributed by atoms with Gasteiger partial charge >= 0.3 is 0 Å². The standard InChI is InChI=1S/C23H22FN3O3/c24-16-7-4-8-17-19(16)15(12-27-17)21(29)22(30)23(26)10-9-14(11-18(23)25)20(28)13-5-2-1-3-6-13/h1-8,12,14,18,27H,9-11,25-26H2. The van der Waals surface area contributed by atoms with Crippen molar-refractivity contribution in [3.8, 4) is 0 Å². The lowest BCUT2D eigenvalue weighted by Crippen LogP contribution is -2.65. The molecule has 154 valence electrons. The largest absolute Gasteiger partial charge is 0.360 e. The number of hydrogen-bond donors (Lipinski definition) is 3. The topological polar surface area (TPSA) is 119 Å². The fourth-order valence-electron chi connectivity index (χ4n) is 4.24. The molecule has 5 N–H and O–H groups in total. The molecule has 3 atom stereocenters. The number of aromatic nitrogens is 1. The number of halogens is 1. The molecule has 4 rings (SSSR count). The van der Waals surface area contributed by atoms with E-state index in [1.807, 2.05) is 6.07 Å². The number of fused-ring (bicyclic) bond motifs is 1. The van der Waals surface area contributed by atoms with Gasteiger partial charge in [-0.2, -0.15) is 0 Å². The molecule has 1 heterocycles. The molecule has 7 heteroatoms. The number of nitrogens with two attached hydrogens (primary N) is 2. The molecule has 2 aromatic carbocycles. The monoisotopic (exact) mass is 407 g/mol. The number of hydrogen-bond acceptors (Lipinski definition) is 5. The highest BCUT2D eigenvalue weighted by molar-refractivity contribution is 6.48. The number of rotatable bonds is 5. The number of aromatic amines is 1. The lowest BCUT2D eigenvalue weighted by molar-refractivity contribution is -0.121. The maximum absolute atomic E-state index is 14.2. The normalized spacial score (nSPS) is 24.0. The van der Waals surface area contributed by atoms with Crippen molar-refractivity contribution in [3.63, 3.8) is 0 Å². The molecule has 0 saturated heterocycles. The number of carbonyl (C=O) groups is 3. The Kier molecular flexibility index (Phi) is 5.09. The highest BCUT2D eigenvalue weighted by atomic mass is 19.1. The molecule has 0 bridgehead atoms. The van der Waals surface area contributed by atoms with Crippen LogP contribution in [0.2, 0.25) is 0 Å². The fraction of sp³-hybridized carbons (Fsp3) is 0.261. The van der Waals surface area contributed by atoms with Crippen LogP contribution in [0, 0.1) is 11.7 Å². The first-order valence-electron chi connectivity index (χ1n) is 9.81. The van der Waals surface area contributed by atoms with E-state index < -0.39 is 29.0 Å². The summed E-state index contributed by atoms with van der Waals surface area (Å²) < 4.78 is 14.2. The number of ketones is 3. The summed E-state index contributed by atoms with van der Waals surface area (Å²) in [6, 6.07) is 12.3. The fourth-order valence-corrected chi connectivity index (χ4v) is 4.24. The Bertz CT molecular complexity index is 1140. The molecule has 0 aliphatic heterocycles. The Morgan fingerprint density at radius 3 is 2.50 bits per heavy atom. The van der Waals surface area contributed by atoms with Crippen molar-refractivity contribution < 1.29 is 18.8 Å². The molecule has 1 saturated carbocycles. The lowest BCUT2D eigenvalue weighted by Gasteiger charge is -2.40. The third-order valence-corrected chi connectivity index (χ3v) is 6.06. The Labute approximate surface area is 172 Å². The zero-order valence-electron chi connectivity index (χ0n) is 16.2. The summed E-state index contributed by atoms with van der Waals surface area (Å²) in [7, 11) is 0. The highest BCUT2D eigenvalue weighted by Gasteiger charge is 2.48. The van der Waals surface area contributed by atoms with Crippen molar-refractivity contribution in [2.75, 3.05) is 0 Å². The SMILES string of the molecule is NC1CC(C(=O)c2ccccc2)CCC1(N)C(=O)C(=O)c1c[nH]c2cccc(F)c12. The van der Waals surface area contributed by atoms with Gasteiger partial charge in [0.25, 0.3) is 0 Å². The van der Waals surface area contributed by atoms with Crippen molar-refractivity contribution in [3.05, 3.63) is 71.7 Å². The summed E-state index contributed by atoms with van der Waals surface area (Å²) in [6.45, 7) is 0. The van der Waals surface area contributed by atoms with E-state index in [-0.39, 0.29) is 35.5 Å². The average Bonchev–Trinajstić information content (AvgIpc) is 3.20. The van der Waals surface area contributed by atoms with Crippen LogP contribution in [0.4, 0.5) is 4.39 Å². The van der Waals surface area contributed by atoms with Gasteiger partial charge in [-0.05, 0) is 31.4 Å². The molecule has 3 unspecified atom stereocenters. The highest BCUT2D eigenvalue weighted by Crippen LogP contribution is 2.34. The van der Waals surface area contributed by atoms with Crippen molar-refractivity contribution in [1.82, 2.24) is 4.98 Å². The van der Waals surface area contributed by atoms with E-state index in [1.54, 1.807) is 30.3 Å². The zero-order chi connectivity index (χ0) is 21.5. The average molecular weight is 407 g/mol. The van der Waals surface area contributed by atoms with Crippen LogP contribution in [0.25, 0.3) is 10.9 Å². The van der Waals surface area contributed by atoms with Gasteiger partial charge in [-0.3, -0.25) is 14.4 Å². The minimum atomic E-state index is -1.60. The maximum atomic E-state index is 14.2. The van der Waals surface area contributed by atoms with E-state index in [4.69, 9.17) is 11.5 Å². The minimum absolute atomic E-state index is 0.0504. The molecule has 3 aromatic rings. The number of benzene rings is 2. The Morgan fingerprint density at radius 1 is 1.07 bits per heavy atom. The lowest BCUT2D eigenvalue weighted by atomic mass is 9.68. The second-order valence-electron chi connectivity index (χ2n) is 7.87. The van der Waals surface area contributed by atoms with Crippen LogP contribution in [-0.2, 0) is 4.79 Å². The Balaban J connectivity index is 1.56. The predicted molar refractivity (Wildman–Crippen MR) is 111 cm³/mol. The first-order valence-corrected chi connectivity index (χ1v) is 9.81. The van der Waals surface area contributed by atoms with Gasteiger partial charge in [0.15, 0.2) is 5.78 Å². The third-order valence-electron chi connectivity index (χ3n) is 6.06. The van der Waals surface area contributed by atoms with E-state index in [0.29, 0.717) is 17.5 Å². The van der Waals surface area contributed by atoms with Crippen molar-refractivity contribution in [2.45, 2.75) is 30.8 Å². The predicted octanol–water partition coefficient (Wildman–Crippen LogP) is 2.77. The molecular formula is C23H22FN3O3. The van der Waals surface area contributed by atoms with Crippen LogP contribution < -0.4 is 11.5 Å². The molecule has 1 aromatic heterocycles. The van der Waals surface area contributed by atoms with E-state index in [9.17, 15) is 18.8 Å². The number of carbonyl (C=O) groups excluding carboxylic acids is 3. The van der Waals surface area contributed by atoms with Crippen LogP contribution in [0.1, 0.15) is 40.0 Å². The van der Waals surface area contributed by atoms with Crippen LogP contribution in [0.5, 0.6) is 0 Å². The van der Waals surface area contributed by atoms with Gasteiger partial charge in [0.05, 0.1) is 11.1 Å². The molecule has 6 nitrogen and oxygen atoms in total. The van der Waals surface area contributed by atoms with Gasteiger partial charge < -0.3 is 16.5 Å². The summed E-state index contributed by atoms with van der Waals surface area (Å²) >= 11 is 0. The zero-order valence-corrected chi connectivity index (χ0v) is 16.2. The van der Waals surface area contributed by atoms with Gasteiger partial charge in [-0.25, -0.2) is 4.39 Å². The molecule has 0 radical (unpaired) electrons. The smallest absolute Gasteiger partial charge is 0.232 e. The van der Waals surface area contributed by atoms with E-state index in [0.717, 1.165) is 0 Å². The van der Waals surface area contributed by atoms with Gasteiger partial charge in [-0.1, -0.05) is 36.4 Å². The molecule has 1 aliphatic rings. The maximum Gasteiger partial charge on any atom is 0.232 e. The number of Topliss-reactive ketones (excluding diaryl/α,β-unsaturated/α-hetero) is 3. The van der Waals surface area contributed by atoms with E-state index >= 15 is 0 Å². The Hall–Kier alpha value is -3.16. The van der Waals surface area contributed by atoms with Gasteiger partial charge in [0.1, 0.15) is 5.82 Å². The molecule has 0 spiro atoms. The molecule has 1 fully saturated rings. The second-order valence-corrected chi connectivity index (χ2v) is 7.87. The quantitative estimate of drug-likeness (QED) is 0.444. The van der Waals surface area contributed by atoms with Crippen molar-refractivity contribution in [1.29, 1.82) is 0 Å². The van der Waals surface area contributed by atoms with Crippen LogP contribution in [0.15, 0.2) is 54.7 Å². The van der Waals surface area contributed by atoms with Crippen LogP contribution >= 0.6 is 0 Å². The van der Waals surface area contributed by atoms with Crippen molar-refractivity contribution >= 4 is 28.3 Å². The second kappa shape index (κ2) is 7.59.